The van der Waals surface area contributed by atoms with Gasteiger partial charge in [0.25, 0.3) is 11.8 Å². The first-order chi connectivity index (χ1) is 16.1. The monoisotopic (exact) mass is 489 g/mol. The average Bonchev–Trinajstić information content (AvgIpc) is 2.85. The molecule has 2 N–H and O–H groups in total. The smallest absolute Gasteiger partial charge is 0.279 e. The van der Waals surface area contributed by atoms with Crippen LogP contribution in [0.1, 0.15) is 40.9 Å². The second-order valence-corrected chi connectivity index (χ2v) is 10.0. The second-order valence-electron chi connectivity index (χ2n) is 8.09. The SMILES string of the molecule is CCc1ccc(C(=O)NNC(=O)C(C)Oc2cccc(C)c2C)cc1S(=O)(=O)N1CCOCC1. The number of sulfonamides is 1. The van der Waals surface area contributed by atoms with Crippen molar-refractivity contribution in [2.24, 2.45) is 0 Å². The third kappa shape index (κ3) is 5.75. The highest BCUT2D eigenvalue weighted by Crippen LogP contribution is 2.24. The van der Waals surface area contributed by atoms with Crippen molar-refractivity contribution in [3.05, 3.63) is 58.7 Å². The topological polar surface area (TPSA) is 114 Å². The number of hydrazine groups is 1. The summed E-state index contributed by atoms with van der Waals surface area (Å²) in [5, 5.41) is 0. The summed E-state index contributed by atoms with van der Waals surface area (Å²) in [4.78, 5) is 25.2. The fraction of sp³-hybridized carbons (Fsp3) is 0.417. The third-order valence-corrected chi connectivity index (χ3v) is 7.81. The van der Waals surface area contributed by atoms with Gasteiger partial charge in [0.15, 0.2) is 6.10 Å². The largest absolute Gasteiger partial charge is 0.481 e. The number of hydrogen-bond donors (Lipinski definition) is 2. The molecule has 2 aromatic rings. The number of ether oxygens (including phenoxy) is 2. The Bertz CT molecular complexity index is 1160. The maximum atomic E-state index is 13.2. The molecule has 0 aliphatic carbocycles. The van der Waals surface area contributed by atoms with E-state index < -0.39 is 27.9 Å². The molecular formula is C24H31N3O6S. The Hall–Kier alpha value is -2.95. The number of nitrogens with zero attached hydrogens (tertiary/aromatic N) is 1. The van der Waals surface area contributed by atoms with Gasteiger partial charge >= 0.3 is 0 Å². The molecule has 2 aromatic carbocycles. The number of aryl methyl sites for hydroxylation is 2. The van der Waals surface area contributed by atoms with Gasteiger partial charge in [-0.2, -0.15) is 4.31 Å². The predicted octanol–water partition coefficient (Wildman–Crippen LogP) is 2.12. The fourth-order valence-corrected chi connectivity index (χ4v) is 5.27. The van der Waals surface area contributed by atoms with E-state index in [1.165, 1.54) is 16.4 Å². The highest BCUT2D eigenvalue weighted by Gasteiger charge is 2.29. The maximum Gasteiger partial charge on any atom is 0.279 e. The molecular weight excluding hydrogens is 458 g/mol. The van der Waals surface area contributed by atoms with Crippen molar-refractivity contribution in [2.45, 2.75) is 45.1 Å². The number of carbonyl (C=O) groups is 2. The van der Waals surface area contributed by atoms with Gasteiger partial charge in [0, 0.05) is 18.7 Å². The van der Waals surface area contributed by atoms with Gasteiger partial charge in [0.1, 0.15) is 5.75 Å². The van der Waals surface area contributed by atoms with Gasteiger partial charge < -0.3 is 9.47 Å². The minimum absolute atomic E-state index is 0.0856. The molecule has 0 bridgehead atoms. The number of nitrogens with one attached hydrogen (secondary N) is 2. The molecule has 184 valence electrons. The summed E-state index contributed by atoms with van der Waals surface area (Å²) >= 11 is 0. The average molecular weight is 490 g/mol. The van der Waals surface area contributed by atoms with E-state index in [4.69, 9.17) is 9.47 Å². The summed E-state index contributed by atoms with van der Waals surface area (Å²) in [6.07, 6.45) is -0.370. The van der Waals surface area contributed by atoms with Gasteiger partial charge in [-0.15, -0.1) is 0 Å². The van der Waals surface area contributed by atoms with Crippen molar-refractivity contribution in [3.8, 4) is 5.75 Å². The van der Waals surface area contributed by atoms with E-state index in [1.54, 1.807) is 19.1 Å². The van der Waals surface area contributed by atoms with E-state index in [0.717, 1.165) is 11.1 Å². The van der Waals surface area contributed by atoms with E-state index in [9.17, 15) is 18.0 Å². The summed E-state index contributed by atoms with van der Waals surface area (Å²) in [6.45, 7) is 8.46. The molecule has 0 aromatic heterocycles. The summed E-state index contributed by atoms with van der Waals surface area (Å²) < 4.78 is 38.7. The molecule has 1 unspecified atom stereocenters. The molecule has 9 nitrogen and oxygen atoms in total. The molecule has 3 rings (SSSR count). The van der Waals surface area contributed by atoms with E-state index in [1.807, 2.05) is 32.9 Å². The standard InChI is InChI=1S/C24H31N3O6S/c1-5-19-9-10-20(15-22(19)34(30,31)27-11-13-32-14-12-27)24(29)26-25-23(28)18(4)33-21-8-6-7-16(2)17(21)3/h6-10,15,18H,5,11-14H2,1-4H3,(H,25,28)(H,26,29). The molecule has 1 atom stereocenters. The van der Waals surface area contributed by atoms with E-state index in [0.29, 0.717) is 30.9 Å². The van der Waals surface area contributed by atoms with Gasteiger partial charge in [-0.3, -0.25) is 20.4 Å². The molecule has 1 heterocycles. The highest BCUT2D eigenvalue weighted by atomic mass is 32.2. The van der Waals surface area contributed by atoms with Crippen LogP contribution < -0.4 is 15.6 Å². The number of benzene rings is 2. The van der Waals surface area contributed by atoms with Crippen LogP contribution in [0, 0.1) is 13.8 Å². The lowest BCUT2D eigenvalue weighted by Gasteiger charge is -2.27. The normalized spacial score (nSPS) is 15.4. The van der Waals surface area contributed by atoms with Crippen LogP contribution in [0.3, 0.4) is 0 Å². The molecule has 2 amide bonds. The van der Waals surface area contributed by atoms with Crippen LogP contribution in [0.2, 0.25) is 0 Å². The number of hydrogen-bond acceptors (Lipinski definition) is 6. The lowest BCUT2D eigenvalue weighted by molar-refractivity contribution is -0.128. The van der Waals surface area contributed by atoms with Crippen LogP contribution >= 0.6 is 0 Å². The summed E-state index contributed by atoms with van der Waals surface area (Å²) in [7, 11) is -3.78. The number of carbonyl (C=O) groups excluding carboxylic acids is 2. The van der Waals surface area contributed by atoms with Crippen molar-refractivity contribution in [1.29, 1.82) is 0 Å². The Balaban J connectivity index is 1.69. The van der Waals surface area contributed by atoms with E-state index in [2.05, 4.69) is 10.9 Å². The molecule has 0 spiro atoms. The van der Waals surface area contributed by atoms with E-state index >= 15 is 0 Å². The van der Waals surface area contributed by atoms with Gasteiger partial charge in [-0.1, -0.05) is 25.1 Å². The zero-order valence-corrected chi connectivity index (χ0v) is 20.7. The summed E-state index contributed by atoms with van der Waals surface area (Å²) in [5.41, 5.74) is 7.38. The minimum atomic E-state index is -3.78. The maximum absolute atomic E-state index is 13.2. The zero-order chi connectivity index (χ0) is 24.9. The zero-order valence-electron chi connectivity index (χ0n) is 19.9. The molecule has 34 heavy (non-hydrogen) atoms. The first-order valence-corrected chi connectivity index (χ1v) is 12.6. The second kappa shape index (κ2) is 11.0. The van der Waals surface area contributed by atoms with Crippen LogP contribution in [-0.2, 0) is 26.0 Å². The summed E-state index contributed by atoms with van der Waals surface area (Å²) in [6, 6.07) is 10.1. The third-order valence-electron chi connectivity index (χ3n) is 5.83. The minimum Gasteiger partial charge on any atom is -0.481 e. The van der Waals surface area contributed by atoms with Crippen LogP contribution in [-0.4, -0.2) is 56.9 Å². The van der Waals surface area contributed by atoms with Crippen LogP contribution in [0.15, 0.2) is 41.3 Å². The van der Waals surface area contributed by atoms with Gasteiger partial charge in [-0.05, 0) is 62.1 Å². The Morgan fingerprint density at radius 2 is 1.82 bits per heavy atom. The van der Waals surface area contributed by atoms with Crippen LogP contribution in [0.25, 0.3) is 0 Å². The van der Waals surface area contributed by atoms with Gasteiger partial charge in [0.2, 0.25) is 10.0 Å². The van der Waals surface area contributed by atoms with Crippen molar-refractivity contribution < 1.29 is 27.5 Å². The van der Waals surface area contributed by atoms with Crippen molar-refractivity contribution >= 4 is 21.8 Å². The lowest BCUT2D eigenvalue weighted by atomic mass is 10.1. The predicted molar refractivity (Wildman–Crippen MR) is 127 cm³/mol. The summed E-state index contributed by atoms with van der Waals surface area (Å²) in [5.74, 6) is -0.587. The molecule has 1 aliphatic heterocycles. The Morgan fingerprint density at radius 3 is 2.50 bits per heavy atom. The quantitative estimate of drug-likeness (QED) is 0.576. The van der Waals surface area contributed by atoms with E-state index in [-0.39, 0.29) is 23.5 Å². The lowest BCUT2D eigenvalue weighted by Crippen LogP contribution is -2.47. The Morgan fingerprint density at radius 1 is 1.12 bits per heavy atom. The van der Waals surface area contributed by atoms with Gasteiger partial charge in [-0.25, -0.2) is 8.42 Å². The van der Waals surface area contributed by atoms with Crippen LogP contribution in [0.5, 0.6) is 5.75 Å². The number of amides is 2. The molecule has 1 saturated heterocycles. The number of morpholine rings is 1. The van der Waals surface area contributed by atoms with Crippen molar-refractivity contribution in [3.63, 3.8) is 0 Å². The molecule has 0 radical (unpaired) electrons. The van der Waals surface area contributed by atoms with Crippen LogP contribution in [0.4, 0.5) is 0 Å². The number of rotatable bonds is 7. The Kier molecular flexibility index (Phi) is 8.29. The molecule has 0 saturated carbocycles. The Labute approximate surface area is 200 Å². The van der Waals surface area contributed by atoms with Crippen molar-refractivity contribution in [2.75, 3.05) is 26.3 Å². The highest BCUT2D eigenvalue weighted by molar-refractivity contribution is 7.89. The van der Waals surface area contributed by atoms with Gasteiger partial charge in [0.05, 0.1) is 18.1 Å². The first-order valence-electron chi connectivity index (χ1n) is 11.2. The van der Waals surface area contributed by atoms with Crippen molar-refractivity contribution in [1.82, 2.24) is 15.2 Å². The fourth-order valence-electron chi connectivity index (χ4n) is 3.54. The molecule has 10 heteroatoms. The first kappa shape index (κ1) is 25.7. The molecule has 1 fully saturated rings. The molecule has 1 aliphatic rings.